The quantitative estimate of drug-likeness (QED) is 0.198. The van der Waals surface area contributed by atoms with Crippen LogP contribution in [0.3, 0.4) is 0 Å². The Hall–Kier alpha value is -4.99. The van der Waals surface area contributed by atoms with E-state index < -0.39 is 29.2 Å². The summed E-state index contributed by atoms with van der Waals surface area (Å²) in [7, 11) is 0. The number of aromatic nitrogens is 1. The van der Waals surface area contributed by atoms with Crippen LogP contribution in [-0.2, 0) is 4.79 Å². The van der Waals surface area contributed by atoms with Gasteiger partial charge in [-0.15, -0.1) is 0 Å². The topological polar surface area (TPSA) is 98.0 Å². The van der Waals surface area contributed by atoms with Gasteiger partial charge in [0.25, 0.3) is 5.91 Å². The predicted octanol–water partition coefficient (Wildman–Crippen LogP) is 6.62. The summed E-state index contributed by atoms with van der Waals surface area (Å²) in [5.74, 6) is -3.75. The van der Waals surface area contributed by atoms with Crippen molar-refractivity contribution in [3.05, 3.63) is 101 Å². The standard InChI is InChI=1S/C27H20F3N5O2/c1-14-4-5-18(33-27(37)35-25-21(29)9-15(28)10-22(25)30)12-23(14)32-17-6-7-19-20(11-16-3-2-8-31-16)26(36)34-24(19)13-17/h2-13,31-32H,1H3,(H,34,36)(H2,33,35,37)/b20-11+. The van der Waals surface area contributed by atoms with E-state index in [1.807, 2.05) is 31.2 Å². The van der Waals surface area contributed by atoms with E-state index in [9.17, 15) is 22.8 Å². The number of hydrogen-bond acceptors (Lipinski definition) is 3. The van der Waals surface area contributed by atoms with E-state index in [2.05, 4.69) is 26.3 Å². The summed E-state index contributed by atoms with van der Waals surface area (Å²) in [6.07, 6.45) is 3.56. The summed E-state index contributed by atoms with van der Waals surface area (Å²) in [6.45, 7) is 1.86. The lowest BCUT2D eigenvalue weighted by Crippen LogP contribution is -2.21. The zero-order chi connectivity index (χ0) is 26.1. The second-order valence-corrected chi connectivity index (χ2v) is 8.38. The summed E-state index contributed by atoms with van der Waals surface area (Å²) in [5, 5.41) is 10.7. The van der Waals surface area contributed by atoms with Gasteiger partial charge in [0.05, 0.1) is 11.3 Å². The van der Waals surface area contributed by atoms with Crippen LogP contribution in [0.25, 0.3) is 11.6 Å². The number of benzene rings is 3. The molecule has 4 aromatic rings. The first kappa shape index (κ1) is 23.7. The van der Waals surface area contributed by atoms with Crippen molar-refractivity contribution in [3.63, 3.8) is 0 Å². The van der Waals surface area contributed by atoms with Crippen molar-refractivity contribution in [2.24, 2.45) is 0 Å². The Morgan fingerprint density at radius 1 is 0.919 bits per heavy atom. The Balaban J connectivity index is 1.32. The van der Waals surface area contributed by atoms with E-state index in [0.29, 0.717) is 40.5 Å². The van der Waals surface area contributed by atoms with Gasteiger partial charge in [0.1, 0.15) is 11.5 Å². The number of urea groups is 1. The van der Waals surface area contributed by atoms with Gasteiger partial charge in [-0.1, -0.05) is 12.1 Å². The molecule has 1 aliphatic rings. The molecular formula is C27H20F3N5O2. The van der Waals surface area contributed by atoms with Crippen LogP contribution in [0.2, 0.25) is 0 Å². The number of anilines is 5. The minimum absolute atomic E-state index is 0.204. The highest BCUT2D eigenvalue weighted by atomic mass is 19.1. The molecule has 0 bridgehead atoms. The molecule has 5 rings (SSSR count). The predicted molar refractivity (Wildman–Crippen MR) is 137 cm³/mol. The Labute approximate surface area is 209 Å². The van der Waals surface area contributed by atoms with Gasteiger partial charge in [-0.25, -0.2) is 18.0 Å². The molecule has 7 nitrogen and oxygen atoms in total. The highest BCUT2D eigenvalue weighted by molar-refractivity contribution is 6.35. The van der Waals surface area contributed by atoms with Crippen molar-refractivity contribution in [1.82, 2.24) is 4.98 Å². The molecule has 1 aromatic heterocycles. The average molecular weight is 503 g/mol. The Kier molecular flexibility index (Phi) is 6.14. The number of aromatic amines is 1. The molecule has 0 fully saturated rings. The number of nitrogens with one attached hydrogen (secondary N) is 5. The van der Waals surface area contributed by atoms with E-state index in [1.165, 1.54) is 0 Å². The summed E-state index contributed by atoms with van der Waals surface area (Å²) < 4.78 is 40.8. The molecule has 0 saturated heterocycles. The first-order chi connectivity index (χ1) is 17.8. The lowest BCUT2D eigenvalue weighted by molar-refractivity contribution is -0.110. The lowest BCUT2D eigenvalue weighted by Gasteiger charge is -2.14. The molecule has 186 valence electrons. The van der Waals surface area contributed by atoms with Gasteiger partial charge in [-0.3, -0.25) is 4.79 Å². The smallest absolute Gasteiger partial charge is 0.323 e. The second kappa shape index (κ2) is 9.57. The zero-order valence-corrected chi connectivity index (χ0v) is 19.4. The third kappa shape index (κ3) is 5.03. The van der Waals surface area contributed by atoms with E-state index >= 15 is 0 Å². The van der Waals surface area contributed by atoms with Gasteiger partial charge in [-0.05, 0) is 55.0 Å². The number of aryl methyl sites for hydroxylation is 1. The molecule has 5 N–H and O–H groups in total. The molecule has 1 aliphatic heterocycles. The van der Waals surface area contributed by atoms with Crippen LogP contribution in [0.4, 0.5) is 46.4 Å². The van der Waals surface area contributed by atoms with Crippen LogP contribution >= 0.6 is 0 Å². The molecule has 0 saturated carbocycles. The van der Waals surface area contributed by atoms with Gasteiger partial charge >= 0.3 is 6.03 Å². The fourth-order valence-corrected chi connectivity index (χ4v) is 3.93. The third-order valence-corrected chi connectivity index (χ3v) is 5.74. The maximum Gasteiger partial charge on any atom is 0.323 e. The molecule has 0 aliphatic carbocycles. The van der Waals surface area contributed by atoms with E-state index in [0.717, 1.165) is 16.8 Å². The maximum atomic E-state index is 13.8. The summed E-state index contributed by atoms with van der Waals surface area (Å²) in [6, 6.07) is 14.3. The molecule has 2 heterocycles. The van der Waals surface area contributed by atoms with Gasteiger partial charge in [-0.2, -0.15) is 0 Å². The summed E-state index contributed by atoms with van der Waals surface area (Å²) in [4.78, 5) is 27.9. The van der Waals surface area contributed by atoms with Crippen LogP contribution in [0.1, 0.15) is 16.8 Å². The Morgan fingerprint density at radius 2 is 1.68 bits per heavy atom. The third-order valence-electron chi connectivity index (χ3n) is 5.74. The number of H-pyrrole nitrogens is 1. The SMILES string of the molecule is Cc1ccc(NC(=O)Nc2c(F)cc(F)cc2F)cc1Nc1ccc2c(c1)NC(=O)/C2=C/c1ccc[nH]1. The molecule has 3 amide bonds. The van der Waals surface area contributed by atoms with Gasteiger partial charge < -0.3 is 26.3 Å². The molecular weight excluding hydrogens is 483 g/mol. The average Bonchev–Trinajstić information content (AvgIpc) is 3.46. The molecule has 0 unspecified atom stereocenters. The van der Waals surface area contributed by atoms with Crippen molar-refractivity contribution >= 4 is 52.0 Å². The summed E-state index contributed by atoms with van der Waals surface area (Å²) >= 11 is 0. The molecule has 3 aromatic carbocycles. The van der Waals surface area contributed by atoms with Gasteiger partial charge in [0.15, 0.2) is 11.6 Å². The lowest BCUT2D eigenvalue weighted by atomic mass is 10.1. The molecule has 0 atom stereocenters. The maximum absolute atomic E-state index is 13.8. The molecule has 0 spiro atoms. The van der Waals surface area contributed by atoms with Crippen molar-refractivity contribution in [1.29, 1.82) is 0 Å². The Morgan fingerprint density at radius 3 is 2.41 bits per heavy atom. The van der Waals surface area contributed by atoms with Gasteiger partial charge in [0.2, 0.25) is 0 Å². The van der Waals surface area contributed by atoms with Crippen LogP contribution in [-0.4, -0.2) is 16.9 Å². The first-order valence-corrected chi connectivity index (χ1v) is 11.2. The van der Waals surface area contributed by atoms with Crippen LogP contribution in [0, 0.1) is 24.4 Å². The second-order valence-electron chi connectivity index (χ2n) is 8.38. The van der Waals surface area contributed by atoms with Crippen LogP contribution < -0.4 is 21.3 Å². The zero-order valence-electron chi connectivity index (χ0n) is 19.4. The fourth-order valence-electron chi connectivity index (χ4n) is 3.93. The Bertz CT molecular complexity index is 1540. The fraction of sp³-hybridized carbons (Fsp3) is 0.0370. The largest absolute Gasteiger partial charge is 0.362 e. The number of fused-ring (bicyclic) bond motifs is 1. The first-order valence-electron chi connectivity index (χ1n) is 11.2. The molecule has 0 radical (unpaired) electrons. The highest BCUT2D eigenvalue weighted by Crippen LogP contribution is 2.36. The molecule has 37 heavy (non-hydrogen) atoms. The van der Waals surface area contributed by atoms with Crippen molar-refractivity contribution < 1.29 is 22.8 Å². The van der Waals surface area contributed by atoms with Crippen LogP contribution in [0.15, 0.2) is 66.9 Å². The van der Waals surface area contributed by atoms with E-state index in [-0.39, 0.29) is 5.91 Å². The number of rotatable bonds is 5. The van der Waals surface area contributed by atoms with E-state index in [1.54, 1.807) is 36.5 Å². The van der Waals surface area contributed by atoms with Crippen molar-refractivity contribution in [2.45, 2.75) is 6.92 Å². The highest BCUT2D eigenvalue weighted by Gasteiger charge is 2.24. The number of carbonyl (C=O) groups excluding carboxylic acids is 2. The van der Waals surface area contributed by atoms with Crippen molar-refractivity contribution in [2.75, 3.05) is 21.3 Å². The minimum Gasteiger partial charge on any atom is -0.362 e. The molecule has 10 heteroatoms. The summed E-state index contributed by atoms with van der Waals surface area (Å²) in [5.41, 5.74) is 4.59. The number of amides is 3. The van der Waals surface area contributed by atoms with Gasteiger partial charge in [0, 0.05) is 46.6 Å². The van der Waals surface area contributed by atoms with E-state index in [4.69, 9.17) is 0 Å². The van der Waals surface area contributed by atoms with Crippen molar-refractivity contribution in [3.8, 4) is 0 Å². The minimum atomic E-state index is -1.23. The number of hydrogen-bond donors (Lipinski definition) is 5. The number of carbonyl (C=O) groups is 2. The monoisotopic (exact) mass is 503 g/mol. The normalized spacial score (nSPS) is 13.3. The van der Waals surface area contributed by atoms with Crippen LogP contribution in [0.5, 0.6) is 0 Å². The number of halogens is 3.